The molecule has 0 aromatic heterocycles. The van der Waals surface area contributed by atoms with Crippen molar-refractivity contribution in [2.24, 2.45) is 11.1 Å². The number of hydrogen-bond acceptors (Lipinski definition) is 3. The van der Waals surface area contributed by atoms with Crippen LogP contribution in [0.3, 0.4) is 0 Å². The summed E-state index contributed by atoms with van der Waals surface area (Å²) in [6, 6.07) is 0. The van der Waals surface area contributed by atoms with E-state index in [-0.39, 0.29) is 5.97 Å². The Balaban J connectivity index is 4.61. The van der Waals surface area contributed by atoms with Gasteiger partial charge in [0.25, 0.3) is 0 Å². The van der Waals surface area contributed by atoms with Gasteiger partial charge in [-0.15, -0.1) is 0 Å². The first-order chi connectivity index (χ1) is 6.31. The van der Waals surface area contributed by atoms with Crippen molar-refractivity contribution in [1.82, 2.24) is 0 Å². The number of hydrogen-bond donors (Lipinski definition) is 1. The van der Waals surface area contributed by atoms with E-state index in [1.54, 1.807) is 0 Å². The molecule has 0 aliphatic carbocycles. The molecule has 0 fully saturated rings. The normalized spacial score (nSPS) is 12.7. The largest absolute Gasteiger partial charge is 0.460 e. The maximum Gasteiger partial charge on any atom is 0.313 e. The lowest BCUT2D eigenvalue weighted by atomic mass is 9.82. The molecule has 0 atom stereocenters. The smallest absolute Gasteiger partial charge is 0.313 e. The van der Waals surface area contributed by atoms with Crippen LogP contribution in [0.2, 0.25) is 0 Å². The topological polar surface area (TPSA) is 52.3 Å². The number of nitrogens with two attached hydrogens (primary N) is 1. The number of carbonyl (C=O) groups is 1. The quantitative estimate of drug-likeness (QED) is 0.709. The molecular formula is C11H23NO2. The van der Waals surface area contributed by atoms with Crippen LogP contribution in [0.5, 0.6) is 0 Å². The Morgan fingerprint density at radius 2 is 1.64 bits per heavy atom. The molecule has 84 valence electrons. The van der Waals surface area contributed by atoms with Gasteiger partial charge in [-0.25, -0.2) is 0 Å². The number of ether oxygens (including phenoxy) is 1. The molecule has 0 amide bonds. The van der Waals surface area contributed by atoms with Gasteiger partial charge in [0.2, 0.25) is 0 Å². The van der Waals surface area contributed by atoms with Gasteiger partial charge in [0, 0.05) is 6.54 Å². The van der Waals surface area contributed by atoms with Gasteiger partial charge >= 0.3 is 5.97 Å². The summed E-state index contributed by atoms with van der Waals surface area (Å²) in [5, 5.41) is 0. The lowest BCUT2D eigenvalue weighted by Crippen LogP contribution is -2.42. The molecule has 0 aliphatic rings. The third kappa shape index (κ3) is 3.29. The molecule has 2 N–H and O–H groups in total. The van der Waals surface area contributed by atoms with E-state index in [4.69, 9.17) is 10.5 Å². The zero-order valence-electron chi connectivity index (χ0n) is 10.0. The first-order valence-electron chi connectivity index (χ1n) is 5.25. The van der Waals surface area contributed by atoms with Crippen LogP contribution < -0.4 is 5.73 Å². The maximum atomic E-state index is 11.9. The summed E-state index contributed by atoms with van der Waals surface area (Å²) in [5.74, 6) is -0.169. The summed E-state index contributed by atoms with van der Waals surface area (Å²) in [6.45, 7) is 9.92. The Morgan fingerprint density at radius 3 is 1.86 bits per heavy atom. The van der Waals surface area contributed by atoms with Crippen LogP contribution in [-0.2, 0) is 9.53 Å². The van der Waals surface area contributed by atoms with Crippen molar-refractivity contribution in [3.63, 3.8) is 0 Å². The monoisotopic (exact) mass is 201 g/mol. The van der Waals surface area contributed by atoms with Crippen LogP contribution in [0.1, 0.15) is 47.5 Å². The van der Waals surface area contributed by atoms with Gasteiger partial charge in [-0.3, -0.25) is 4.79 Å². The van der Waals surface area contributed by atoms with E-state index >= 15 is 0 Å². The summed E-state index contributed by atoms with van der Waals surface area (Å²) >= 11 is 0. The van der Waals surface area contributed by atoms with Gasteiger partial charge in [0.1, 0.15) is 5.60 Å². The molecule has 0 aromatic rings. The molecule has 0 heterocycles. The van der Waals surface area contributed by atoms with Crippen molar-refractivity contribution >= 4 is 5.97 Å². The lowest BCUT2D eigenvalue weighted by molar-refractivity contribution is -0.167. The van der Waals surface area contributed by atoms with Crippen LogP contribution >= 0.6 is 0 Å². The SMILES string of the molecule is CCC(CC)(CN)C(=O)OC(C)(C)C. The highest BCUT2D eigenvalue weighted by Gasteiger charge is 2.37. The highest BCUT2D eigenvalue weighted by Crippen LogP contribution is 2.28. The second kappa shape index (κ2) is 4.78. The van der Waals surface area contributed by atoms with Crippen molar-refractivity contribution in [2.75, 3.05) is 6.54 Å². The van der Waals surface area contributed by atoms with E-state index in [1.807, 2.05) is 34.6 Å². The van der Waals surface area contributed by atoms with Crippen LogP contribution in [0, 0.1) is 5.41 Å². The molecule has 0 saturated carbocycles. The average Bonchev–Trinajstić information content (AvgIpc) is 2.05. The third-order valence-electron chi connectivity index (χ3n) is 2.58. The molecule has 14 heavy (non-hydrogen) atoms. The van der Waals surface area contributed by atoms with E-state index in [2.05, 4.69) is 0 Å². The number of carbonyl (C=O) groups excluding carboxylic acids is 1. The predicted octanol–water partition coefficient (Wildman–Crippen LogP) is 2.09. The Bertz CT molecular complexity index is 182. The predicted molar refractivity (Wildman–Crippen MR) is 57.9 cm³/mol. The zero-order valence-corrected chi connectivity index (χ0v) is 10.0. The molecule has 0 unspecified atom stereocenters. The van der Waals surface area contributed by atoms with Crippen molar-refractivity contribution in [2.45, 2.75) is 53.1 Å². The number of rotatable bonds is 4. The molecule has 0 spiro atoms. The van der Waals surface area contributed by atoms with E-state index in [1.165, 1.54) is 0 Å². The molecule has 0 radical (unpaired) electrons. The van der Waals surface area contributed by atoms with Crippen molar-refractivity contribution in [1.29, 1.82) is 0 Å². The second-order valence-electron chi connectivity index (χ2n) is 4.69. The average molecular weight is 201 g/mol. The van der Waals surface area contributed by atoms with Gasteiger partial charge in [-0.05, 0) is 33.6 Å². The van der Waals surface area contributed by atoms with E-state index in [9.17, 15) is 4.79 Å². The summed E-state index contributed by atoms with van der Waals surface area (Å²) in [5.41, 5.74) is 4.73. The van der Waals surface area contributed by atoms with Crippen molar-refractivity contribution < 1.29 is 9.53 Å². The minimum absolute atomic E-state index is 0.169. The molecule has 0 aliphatic heterocycles. The molecular weight excluding hydrogens is 178 g/mol. The lowest BCUT2D eigenvalue weighted by Gasteiger charge is -2.31. The molecule has 0 saturated heterocycles. The van der Waals surface area contributed by atoms with Crippen molar-refractivity contribution in [3.05, 3.63) is 0 Å². The second-order valence-corrected chi connectivity index (χ2v) is 4.69. The highest BCUT2D eigenvalue weighted by molar-refractivity contribution is 5.77. The van der Waals surface area contributed by atoms with Crippen LogP contribution in [0.15, 0.2) is 0 Å². The Morgan fingerprint density at radius 1 is 1.21 bits per heavy atom. The zero-order chi connectivity index (χ0) is 11.4. The maximum absolute atomic E-state index is 11.9. The summed E-state index contributed by atoms with van der Waals surface area (Å²) in [6.07, 6.45) is 1.46. The minimum atomic E-state index is -0.493. The van der Waals surface area contributed by atoms with E-state index in [0.717, 1.165) is 12.8 Å². The van der Waals surface area contributed by atoms with Crippen molar-refractivity contribution in [3.8, 4) is 0 Å². The summed E-state index contributed by atoms with van der Waals surface area (Å²) < 4.78 is 5.36. The van der Waals surface area contributed by atoms with Crippen LogP contribution in [0.4, 0.5) is 0 Å². The van der Waals surface area contributed by atoms with Gasteiger partial charge in [-0.2, -0.15) is 0 Å². The van der Waals surface area contributed by atoms with E-state index < -0.39 is 11.0 Å². The van der Waals surface area contributed by atoms with Crippen LogP contribution in [0.25, 0.3) is 0 Å². The third-order valence-corrected chi connectivity index (χ3v) is 2.58. The van der Waals surface area contributed by atoms with Gasteiger partial charge in [0.05, 0.1) is 5.41 Å². The fraction of sp³-hybridized carbons (Fsp3) is 0.909. The molecule has 0 aromatic carbocycles. The Labute approximate surface area is 87.0 Å². The summed E-state index contributed by atoms with van der Waals surface area (Å²) in [7, 11) is 0. The van der Waals surface area contributed by atoms with Gasteiger partial charge in [0.15, 0.2) is 0 Å². The Kier molecular flexibility index (Phi) is 4.59. The first-order valence-corrected chi connectivity index (χ1v) is 5.25. The molecule has 0 rings (SSSR count). The molecule has 0 bridgehead atoms. The highest BCUT2D eigenvalue weighted by atomic mass is 16.6. The Hall–Kier alpha value is -0.570. The standard InChI is InChI=1S/C11H23NO2/c1-6-11(7-2,8-12)9(13)14-10(3,4)5/h6-8,12H2,1-5H3. The number of esters is 1. The fourth-order valence-electron chi connectivity index (χ4n) is 1.30. The van der Waals surface area contributed by atoms with Gasteiger partial charge in [-0.1, -0.05) is 13.8 Å². The molecule has 3 heteroatoms. The van der Waals surface area contributed by atoms with Gasteiger partial charge < -0.3 is 10.5 Å². The first kappa shape index (κ1) is 13.4. The molecule has 3 nitrogen and oxygen atoms in total. The fourth-order valence-corrected chi connectivity index (χ4v) is 1.30. The van der Waals surface area contributed by atoms with Crippen LogP contribution in [-0.4, -0.2) is 18.1 Å². The minimum Gasteiger partial charge on any atom is -0.460 e. The summed E-state index contributed by atoms with van der Waals surface area (Å²) in [4.78, 5) is 11.9. The van der Waals surface area contributed by atoms with E-state index in [0.29, 0.717) is 6.54 Å².